The number of rotatable bonds is 5. The van der Waals surface area contributed by atoms with Gasteiger partial charge in [0, 0.05) is 0 Å². The predicted molar refractivity (Wildman–Crippen MR) is 87.4 cm³/mol. The molecule has 1 aliphatic rings. The van der Waals surface area contributed by atoms with Gasteiger partial charge in [-0.2, -0.15) is 0 Å². The first-order valence-corrected chi connectivity index (χ1v) is 7.75. The number of fused-ring (bicyclic) bond motifs is 3. The summed E-state index contributed by atoms with van der Waals surface area (Å²) >= 11 is 0. The van der Waals surface area contributed by atoms with Gasteiger partial charge in [-0.3, -0.25) is 0 Å². The molecule has 21 heavy (non-hydrogen) atoms. The van der Waals surface area contributed by atoms with Crippen LogP contribution in [-0.2, 0) is 12.0 Å². The van der Waals surface area contributed by atoms with Crippen molar-refractivity contribution < 1.29 is 5.11 Å². The van der Waals surface area contributed by atoms with E-state index in [1.165, 1.54) is 27.8 Å². The average Bonchev–Trinajstić information content (AvgIpc) is 2.90. The Morgan fingerprint density at radius 3 is 2.62 bits per heavy atom. The molecule has 0 saturated carbocycles. The SMILES string of the molecule is CCCNC(C)(CO)c1ccc2c(c1)Cc1ccccc1-2. The number of hydrogen-bond acceptors (Lipinski definition) is 2. The van der Waals surface area contributed by atoms with Crippen LogP contribution in [0.1, 0.15) is 37.0 Å². The fourth-order valence-electron chi connectivity index (χ4n) is 3.14. The lowest BCUT2D eigenvalue weighted by molar-refractivity contribution is 0.175. The molecule has 0 amide bonds. The summed E-state index contributed by atoms with van der Waals surface area (Å²) in [7, 11) is 0. The lowest BCUT2D eigenvalue weighted by Crippen LogP contribution is -2.43. The third-order valence-corrected chi connectivity index (χ3v) is 4.51. The van der Waals surface area contributed by atoms with Gasteiger partial charge in [0.15, 0.2) is 0 Å². The molecule has 0 spiro atoms. The average molecular weight is 281 g/mol. The smallest absolute Gasteiger partial charge is 0.0652 e. The summed E-state index contributed by atoms with van der Waals surface area (Å²) in [6, 6.07) is 15.2. The number of benzene rings is 2. The van der Waals surface area contributed by atoms with E-state index in [-0.39, 0.29) is 12.1 Å². The molecule has 2 heteroatoms. The Hall–Kier alpha value is -1.64. The molecule has 2 nitrogen and oxygen atoms in total. The molecule has 0 fully saturated rings. The topological polar surface area (TPSA) is 32.3 Å². The van der Waals surface area contributed by atoms with Gasteiger partial charge in [0.05, 0.1) is 12.1 Å². The van der Waals surface area contributed by atoms with Crippen LogP contribution in [0, 0.1) is 0 Å². The largest absolute Gasteiger partial charge is 0.394 e. The van der Waals surface area contributed by atoms with Gasteiger partial charge in [-0.25, -0.2) is 0 Å². The van der Waals surface area contributed by atoms with Crippen molar-refractivity contribution in [1.82, 2.24) is 5.32 Å². The van der Waals surface area contributed by atoms with Crippen molar-refractivity contribution in [2.75, 3.05) is 13.2 Å². The second kappa shape index (κ2) is 5.63. The lowest BCUT2D eigenvalue weighted by atomic mass is 9.90. The van der Waals surface area contributed by atoms with Gasteiger partial charge in [-0.15, -0.1) is 0 Å². The molecule has 2 aromatic rings. The Bertz CT molecular complexity index is 650. The molecule has 3 rings (SSSR count). The maximum absolute atomic E-state index is 9.82. The maximum atomic E-state index is 9.82. The Labute approximate surface area is 126 Å². The summed E-state index contributed by atoms with van der Waals surface area (Å²) in [5, 5.41) is 13.3. The minimum atomic E-state index is -0.361. The fourth-order valence-corrected chi connectivity index (χ4v) is 3.14. The van der Waals surface area contributed by atoms with Gasteiger partial charge in [0.2, 0.25) is 0 Å². The minimum Gasteiger partial charge on any atom is -0.394 e. The quantitative estimate of drug-likeness (QED) is 0.750. The van der Waals surface area contributed by atoms with Gasteiger partial charge in [0.1, 0.15) is 0 Å². The number of hydrogen-bond donors (Lipinski definition) is 2. The second-order valence-electron chi connectivity index (χ2n) is 6.12. The van der Waals surface area contributed by atoms with E-state index >= 15 is 0 Å². The summed E-state index contributed by atoms with van der Waals surface area (Å²) in [6.07, 6.45) is 2.06. The third kappa shape index (κ3) is 2.50. The minimum absolute atomic E-state index is 0.110. The summed E-state index contributed by atoms with van der Waals surface area (Å²) < 4.78 is 0. The van der Waals surface area contributed by atoms with Gasteiger partial charge < -0.3 is 10.4 Å². The standard InChI is InChI=1S/C19H23NO/c1-3-10-20-19(2,13-21)16-8-9-18-15(12-16)11-14-6-4-5-7-17(14)18/h4-9,12,20-21H,3,10-11,13H2,1-2H3. The molecule has 2 N–H and O–H groups in total. The highest BCUT2D eigenvalue weighted by Crippen LogP contribution is 2.38. The molecule has 0 aromatic heterocycles. The Balaban J connectivity index is 1.96. The number of nitrogens with one attached hydrogen (secondary N) is 1. The van der Waals surface area contributed by atoms with E-state index in [0.29, 0.717) is 0 Å². The highest BCUT2D eigenvalue weighted by molar-refractivity contribution is 5.77. The molecule has 1 atom stereocenters. The van der Waals surface area contributed by atoms with Crippen LogP contribution in [0.3, 0.4) is 0 Å². The van der Waals surface area contributed by atoms with Crippen molar-refractivity contribution in [3.05, 3.63) is 59.2 Å². The molecule has 1 unspecified atom stereocenters. The van der Waals surface area contributed by atoms with E-state index in [4.69, 9.17) is 0 Å². The maximum Gasteiger partial charge on any atom is 0.0652 e. The highest BCUT2D eigenvalue weighted by Gasteiger charge is 2.27. The van der Waals surface area contributed by atoms with E-state index in [1.54, 1.807) is 0 Å². The van der Waals surface area contributed by atoms with Gasteiger partial charge in [-0.05, 0) is 54.1 Å². The van der Waals surface area contributed by atoms with Crippen LogP contribution in [0.2, 0.25) is 0 Å². The van der Waals surface area contributed by atoms with Crippen molar-refractivity contribution in [2.45, 2.75) is 32.2 Å². The first-order chi connectivity index (χ1) is 10.2. The zero-order chi connectivity index (χ0) is 14.9. The third-order valence-electron chi connectivity index (χ3n) is 4.51. The van der Waals surface area contributed by atoms with E-state index < -0.39 is 0 Å². The fraction of sp³-hybridized carbons (Fsp3) is 0.368. The van der Waals surface area contributed by atoms with E-state index in [9.17, 15) is 5.11 Å². The first kappa shape index (κ1) is 14.3. The molecule has 0 bridgehead atoms. The normalized spacial score (nSPS) is 15.4. The van der Waals surface area contributed by atoms with E-state index in [0.717, 1.165) is 19.4 Å². The molecule has 2 aromatic carbocycles. The summed E-state index contributed by atoms with van der Waals surface area (Å²) in [5.74, 6) is 0. The first-order valence-electron chi connectivity index (χ1n) is 7.75. The molecule has 0 radical (unpaired) electrons. The van der Waals surface area contributed by atoms with Crippen LogP contribution in [0.25, 0.3) is 11.1 Å². The van der Waals surface area contributed by atoms with Crippen molar-refractivity contribution >= 4 is 0 Å². The van der Waals surface area contributed by atoms with Crippen LogP contribution >= 0.6 is 0 Å². The van der Waals surface area contributed by atoms with Crippen molar-refractivity contribution in [1.29, 1.82) is 0 Å². The van der Waals surface area contributed by atoms with Crippen molar-refractivity contribution in [2.24, 2.45) is 0 Å². The second-order valence-corrected chi connectivity index (χ2v) is 6.12. The molecule has 0 aliphatic heterocycles. The Morgan fingerprint density at radius 2 is 1.86 bits per heavy atom. The number of aliphatic hydroxyl groups excluding tert-OH is 1. The molecular formula is C19H23NO. The zero-order valence-electron chi connectivity index (χ0n) is 12.8. The molecule has 110 valence electrons. The van der Waals surface area contributed by atoms with Crippen LogP contribution in [-0.4, -0.2) is 18.3 Å². The molecular weight excluding hydrogens is 258 g/mol. The summed E-state index contributed by atoms with van der Waals surface area (Å²) in [4.78, 5) is 0. The monoisotopic (exact) mass is 281 g/mol. The molecule has 1 aliphatic carbocycles. The highest BCUT2D eigenvalue weighted by atomic mass is 16.3. The van der Waals surface area contributed by atoms with E-state index in [2.05, 4.69) is 61.6 Å². The lowest BCUT2D eigenvalue weighted by Gasteiger charge is -2.30. The van der Waals surface area contributed by atoms with Gasteiger partial charge in [-0.1, -0.05) is 49.4 Å². The van der Waals surface area contributed by atoms with Gasteiger partial charge >= 0.3 is 0 Å². The Morgan fingerprint density at radius 1 is 1.10 bits per heavy atom. The molecule has 0 saturated heterocycles. The van der Waals surface area contributed by atoms with Crippen LogP contribution < -0.4 is 5.32 Å². The van der Waals surface area contributed by atoms with Crippen LogP contribution in [0.5, 0.6) is 0 Å². The zero-order valence-corrected chi connectivity index (χ0v) is 12.8. The van der Waals surface area contributed by atoms with E-state index in [1.807, 2.05) is 0 Å². The Kier molecular flexibility index (Phi) is 3.83. The summed E-state index contributed by atoms with van der Waals surface area (Å²) in [5.41, 5.74) is 6.27. The molecule has 0 heterocycles. The number of aliphatic hydroxyl groups is 1. The van der Waals surface area contributed by atoms with Crippen LogP contribution in [0.4, 0.5) is 0 Å². The summed E-state index contributed by atoms with van der Waals surface area (Å²) in [6.45, 7) is 5.24. The van der Waals surface area contributed by atoms with Crippen molar-refractivity contribution in [3.8, 4) is 11.1 Å². The van der Waals surface area contributed by atoms with Crippen molar-refractivity contribution in [3.63, 3.8) is 0 Å². The predicted octanol–water partition coefficient (Wildman–Crippen LogP) is 3.46. The van der Waals surface area contributed by atoms with Crippen LogP contribution in [0.15, 0.2) is 42.5 Å². The van der Waals surface area contributed by atoms with Gasteiger partial charge in [0.25, 0.3) is 0 Å².